The number of benzene rings is 2. The van der Waals surface area contributed by atoms with Gasteiger partial charge in [-0.05, 0) is 55.7 Å². The normalized spacial score (nSPS) is 14.7. The zero-order valence-electron chi connectivity index (χ0n) is 26.5. The molecule has 0 atom stereocenters. The molecule has 2 amide bonds. The van der Waals surface area contributed by atoms with Crippen LogP contribution >= 0.6 is 0 Å². The summed E-state index contributed by atoms with van der Waals surface area (Å²) >= 11 is 0. The number of hydrogen-bond acceptors (Lipinski definition) is 6. The molecule has 0 saturated heterocycles. The second-order valence-electron chi connectivity index (χ2n) is 12.2. The zero-order chi connectivity index (χ0) is 30.7. The Morgan fingerprint density at radius 3 is 2.23 bits per heavy atom. The molecule has 1 aliphatic carbocycles. The minimum Gasteiger partial charge on any atom is -0.352 e. The first-order valence-electron chi connectivity index (χ1n) is 16.8. The third-order valence-electron chi connectivity index (χ3n) is 8.95. The first-order chi connectivity index (χ1) is 21.6. The molecule has 2 aliphatic rings. The van der Waals surface area contributed by atoms with E-state index in [2.05, 4.69) is 27.4 Å². The average Bonchev–Trinajstić information content (AvgIpc) is 3.56. The predicted molar refractivity (Wildman–Crippen MR) is 180 cm³/mol. The lowest BCUT2D eigenvalue weighted by atomic mass is 10.1. The number of unbranched alkanes of at least 4 members (excludes halogenated alkanes) is 9. The van der Waals surface area contributed by atoms with Crippen LogP contribution in [0.25, 0.3) is 0 Å². The van der Waals surface area contributed by atoms with Crippen molar-refractivity contribution in [3.8, 4) is 0 Å². The minimum atomic E-state index is -0.0614. The summed E-state index contributed by atoms with van der Waals surface area (Å²) in [7, 11) is 1.78. The molecule has 234 valence electrons. The molecule has 1 aromatic heterocycles. The van der Waals surface area contributed by atoms with Crippen LogP contribution in [0.2, 0.25) is 0 Å². The van der Waals surface area contributed by atoms with Gasteiger partial charge in [-0.1, -0.05) is 89.7 Å². The van der Waals surface area contributed by atoms with Gasteiger partial charge in [0.15, 0.2) is 5.82 Å². The summed E-state index contributed by atoms with van der Waals surface area (Å²) in [5, 5.41) is 6.37. The molecule has 44 heavy (non-hydrogen) atoms. The highest BCUT2D eigenvalue weighted by molar-refractivity contribution is 6.13. The number of nitrogens with zero attached hydrogens (tertiary/aromatic N) is 4. The summed E-state index contributed by atoms with van der Waals surface area (Å²) in [5.74, 6) is 1.07. The monoisotopic (exact) mass is 596 g/mol. The Bertz CT molecular complexity index is 1390. The average molecular weight is 597 g/mol. The summed E-state index contributed by atoms with van der Waals surface area (Å²) in [6.45, 7) is 2.96. The maximum Gasteiger partial charge on any atom is 0.260 e. The van der Waals surface area contributed by atoms with Crippen molar-refractivity contribution in [2.75, 3.05) is 28.7 Å². The fourth-order valence-electron chi connectivity index (χ4n) is 6.39. The van der Waals surface area contributed by atoms with E-state index in [1.807, 2.05) is 48.5 Å². The Labute approximate surface area is 262 Å². The van der Waals surface area contributed by atoms with E-state index in [9.17, 15) is 9.59 Å². The number of anilines is 5. The number of fused-ring (bicyclic) bond motifs is 2. The van der Waals surface area contributed by atoms with E-state index < -0.39 is 0 Å². The van der Waals surface area contributed by atoms with Gasteiger partial charge in [0.1, 0.15) is 5.69 Å². The maximum absolute atomic E-state index is 13.4. The molecule has 2 N–H and O–H groups in total. The number of rotatable bonds is 15. The van der Waals surface area contributed by atoms with Gasteiger partial charge in [0.25, 0.3) is 11.8 Å². The van der Waals surface area contributed by atoms with Crippen LogP contribution in [0, 0.1) is 0 Å². The molecule has 0 spiro atoms. The molecule has 1 saturated carbocycles. The SMILES string of the molecule is CCCCCCCCCCCCNC(=O)c1ccc(Nc2ncc3c(n2)N(C2CCCC2)c2ccccc2C(=O)N3C)cc1. The predicted octanol–water partition coefficient (Wildman–Crippen LogP) is 8.54. The Morgan fingerprint density at radius 2 is 1.52 bits per heavy atom. The van der Waals surface area contributed by atoms with Gasteiger partial charge in [-0.3, -0.25) is 9.59 Å². The standard InChI is InChI=1S/C36H48N6O2/c1-3-4-5-6-7-8-9-10-11-16-25-37-34(43)27-21-23-28(24-22-27)39-36-38-26-32-33(40-36)42(29-17-12-13-18-29)31-20-15-14-19-30(31)35(44)41(32)2/h14-15,19-24,26,29H,3-13,16-18,25H2,1-2H3,(H,37,43)(H,38,39,40). The molecule has 3 aromatic rings. The Balaban J connectivity index is 1.17. The third kappa shape index (κ3) is 7.76. The first-order valence-corrected chi connectivity index (χ1v) is 16.8. The molecule has 8 heteroatoms. The van der Waals surface area contributed by atoms with E-state index in [0.717, 1.165) is 55.7 Å². The third-order valence-corrected chi connectivity index (χ3v) is 8.95. The van der Waals surface area contributed by atoms with Gasteiger partial charge < -0.3 is 20.4 Å². The number of hydrogen-bond donors (Lipinski definition) is 2. The molecular weight excluding hydrogens is 548 g/mol. The van der Waals surface area contributed by atoms with E-state index in [4.69, 9.17) is 4.98 Å². The largest absolute Gasteiger partial charge is 0.352 e. The molecule has 5 rings (SSSR count). The quantitative estimate of drug-likeness (QED) is 0.171. The van der Waals surface area contributed by atoms with E-state index in [0.29, 0.717) is 29.3 Å². The second-order valence-corrected chi connectivity index (χ2v) is 12.2. The van der Waals surface area contributed by atoms with Crippen LogP contribution in [0.5, 0.6) is 0 Å². The van der Waals surface area contributed by atoms with Gasteiger partial charge in [0.2, 0.25) is 5.95 Å². The summed E-state index contributed by atoms with van der Waals surface area (Å²) < 4.78 is 0. The zero-order valence-corrected chi connectivity index (χ0v) is 26.5. The van der Waals surface area contributed by atoms with Crippen molar-refractivity contribution in [1.82, 2.24) is 15.3 Å². The van der Waals surface area contributed by atoms with Crippen LogP contribution in [0.1, 0.15) is 118 Å². The molecule has 8 nitrogen and oxygen atoms in total. The number of carbonyl (C=O) groups excluding carboxylic acids is 2. The van der Waals surface area contributed by atoms with Crippen LogP contribution in [0.4, 0.5) is 28.8 Å². The fourth-order valence-corrected chi connectivity index (χ4v) is 6.39. The number of nitrogens with one attached hydrogen (secondary N) is 2. The summed E-state index contributed by atoms with van der Waals surface area (Å²) in [6.07, 6.45) is 19.0. The Hall–Kier alpha value is -3.94. The van der Waals surface area contributed by atoms with Crippen molar-refractivity contribution >= 4 is 40.6 Å². The van der Waals surface area contributed by atoms with Crippen molar-refractivity contribution in [1.29, 1.82) is 0 Å². The highest BCUT2D eigenvalue weighted by Gasteiger charge is 2.35. The summed E-state index contributed by atoms with van der Waals surface area (Å²) in [4.78, 5) is 39.5. The lowest BCUT2D eigenvalue weighted by Crippen LogP contribution is -2.30. The molecule has 1 fully saturated rings. The second kappa shape index (κ2) is 15.7. The van der Waals surface area contributed by atoms with Crippen molar-refractivity contribution in [2.45, 2.75) is 103 Å². The summed E-state index contributed by atoms with van der Waals surface area (Å²) in [6, 6.07) is 15.5. The van der Waals surface area contributed by atoms with Crippen LogP contribution < -0.4 is 20.4 Å². The number of amides is 2. The van der Waals surface area contributed by atoms with Crippen molar-refractivity contribution < 1.29 is 9.59 Å². The topological polar surface area (TPSA) is 90.5 Å². The van der Waals surface area contributed by atoms with Gasteiger partial charge >= 0.3 is 0 Å². The highest BCUT2D eigenvalue weighted by atomic mass is 16.2. The first kappa shape index (κ1) is 31.5. The molecule has 2 aromatic carbocycles. The smallest absolute Gasteiger partial charge is 0.260 e. The molecule has 0 bridgehead atoms. The Kier molecular flexibility index (Phi) is 11.2. The molecule has 2 heterocycles. The molecular formula is C36H48N6O2. The van der Waals surface area contributed by atoms with Crippen LogP contribution in [-0.2, 0) is 0 Å². The molecule has 0 unspecified atom stereocenters. The maximum atomic E-state index is 13.4. The number of para-hydroxylation sites is 1. The van der Waals surface area contributed by atoms with E-state index in [1.54, 1.807) is 18.1 Å². The fraction of sp³-hybridized carbons (Fsp3) is 0.500. The minimum absolute atomic E-state index is 0.0488. The van der Waals surface area contributed by atoms with E-state index in [1.165, 1.54) is 51.4 Å². The van der Waals surface area contributed by atoms with Crippen molar-refractivity contribution in [2.24, 2.45) is 0 Å². The lowest BCUT2D eigenvalue weighted by molar-refractivity contribution is 0.0951. The molecule has 0 radical (unpaired) electrons. The van der Waals surface area contributed by atoms with Gasteiger partial charge in [0.05, 0.1) is 17.4 Å². The van der Waals surface area contributed by atoms with Gasteiger partial charge in [-0.2, -0.15) is 4.98 Å². The summed E-state index contributed by atoms with van der Waals surface area (Å²) in [5.41, 5.74) is 3.69. The van der Waals surface area contributed by atoms with Crippen LogP contribution in [-0.4, -0.2) is 41.4 Å². The number of aromatic nitrogens is 2. The van der Waals surface area contributed by atoms with Gasteiger partial charge in [0, 0.05) is 30.9 Å². The van der Waals surface area contributed by atoms with Crippen molar-refractivity contribution in [3.63, 3.8) is 0 Å². The molecule has 1 aliphatic heterocycles. The van der Waals surface area contributed by atoms with Crippen LogP contribution in [0.3, 0.4) is 0 Å². The van der Waals surface area contributed by atoms with Gasteiger partial charge in [-0.15, -0.1) is 0 Å². The highest BCUT2D eigenvalue weighted by Crippen LogP contribution is 2.43. The number of carbonyl (C=O) groups is 2. The lowest BCUT2D eigenvalue weighted by Gasteiger charge is -2.31. The van der Waals surface area contributed by atoms with Crippen molar-refractivity contribution in [3.05, 3.63) is 65.9 Å². The van der Waals surface area contributed by atoms with Crippen LogP contribution in [0.15, 0.2) is 54.7 Å². The van der Waals surface area contributed by atoms with E-state index in [-0.39, 0.29) is 17.9 Å². The van der Waals surface area contributed by atoms with E-state index >= 15 is 0 Å². The Morgan fingerprint density at radius 1 is 0.864 bits per heavy atom. The van der Waals surface area contributed by atoms with Gasteiger partial charge in [-0.25, -0.2) is 4.98 Å².